The normalized spacial score (nSPS) is 10.8. The second-order valence-electron chi connectivity index (χ2n) is 4.07. The van der Waals surface area contributed by atoms with Gasteiger partial charge >= 0.3 is 0 Å². The van der Waals surface area contributed by atoms with Crippen LogP contribution >= 0.6 is 23.2 Å². The molecule has 19 heavy (non-hydrogen) atoms. The van der Waals surface area contributed by atoms with Crippen molar-refractivity contribution in [3.63, 3.8) is 0 Å². The Morgan fingerprint density at radius 3 is 2.47 bits per heavy atom. The third kappa shape index (κ3) is 2.11. The van der Waals surface area contributed by atoms with E-state index in [4.69, 9.17) is 28.9 Å². The van der Waals surface area contributed by atoms with E-state index in [1.54, 1.807) is 24.4 Å². The maximum absolute atomic E-state index is 6.20. The van der Waals surface area contributed by atoms with E-state index in [1.165, 1.54) is 0 Å². The molecule has 0 unspecified atom stereocenters. The summed E-state index contributed by atoms with van der Waals surface area (Å²) in [6.45, 7) is 0. The van der Waals surface area contributed by atoms with Crippen molar-refractivity contribution in [1.82, 2.24) is 9.97 Å². The van der Waals surface area contributed by atoms with Gasteiger partial charge in [0.2, 0.25) is 0 Å². The number of nitrogens with two attached hydrogens (primary N) is 1. The first-order chi connectivity index (χ1) is 9.16. The number of benzene rings is 1. The second-order valence-corrected chi connectivity index (χ2v) is 4.88. The van der Waals surface area contributed by atoms with Crippen LogP contribution < -0.4 is 5.73 Å². The number of aromatic nitrogens is 2. The standard InChI is InChI=1S/C14H9Cl2N3/c15-10-4-1-5-11(16)12(10)9-7-8-3-2-6-18-14(8)19-13(9)17/h1-7H,(H2,17,18,19). The molecule has 0 atom stereocenters. The zero-order valence-electron chi connectivity index (χ0n) is 9.77. The largest absolute Gasteiger partial charge is 0.383 e. The fourth-order valence-corrected chi connectivity index (χ4v) is 2.58. The molecule has 0 saturated carbocycles. The van der Waals surface area contributed by atoms with E-state index in [2.05, 4.69) is 9.97 Å². The minimum atomic E-state index is 0.362. The van der Waals surface area contributed by atoms with Gasteiger partial charge in [-0.05, 0) is 30.3 Å². The molecule has 0 aliphatic rings. The van der Waals surface area contributed by atoms with Gasteiger partial charge < -0.3 is 5.73 Å². The van der Waals surface area contributed by atoms with E-state index >= 15 is 0 Å². The van der Waals surface area contributed by atoms with Crippen molar-refractivity contribution in [2.75, 3.05) is 5.73 Å². The number of rotatable bonds is 1. The second kappa shape index (κ2) is 4.68. The average molecular weight is 290 g/mol. The van der Waals surface area contributed by atoms with Crippen LogP contribution in [0.25, 0.3) is 22.2 Å². The summed E-state index contributed by atoms with van der Waals surface area (Å²) < 4.78 is 0. The number of hydrogen-bond acceptors (Lipinski definition) is 3. The van der Waals surface area contributed by atoms with Crippen molar-refractivity contribution in [3.05, 3.63) is 52.6 Å². The molecule has 2 aromatic heterocycles. The van der Waals surface area contributed by atoms with Crippen LogP contribution in [0.5, 0.6) is 0 Å². The molecule has 3 aromatic rings. The molecule has 0 aliphatic carbocycles. The molecule has 0 bridgehead atoms. The monoisotopic (exact) mass is 289 g/mol. The molecule has 2 N–H and O–H groups in total. The molecule has 1 aromatic carbocycles. The molecule has 0 radical (unpaired) electrons. The van der Waals surface area contributed by atoms with Gasteiger partial charge in [-0.25, -0.2) is 9.97 Å². The molecule has 0 amide bonds. The summed E-state index contributed by atoms with van der Waals surface area (Å²) in [5, 5.41) is 1.98. The number of fused-ring (bicyclic) bond motifs is 1. The van der Waals surface area contributed by atoms with E-state index in [1.807, 2.05) is 18.2 Å². The van der Waals surface area contributed by atoms with Gasteiger partial charge in [0.1, 0.15) is 5.82 Å². The van der Waals surface area contributed by atoms with Crippen LogP contribution in [0.4, 0.5) is 5.82 Å². The minimum Gasteiger partial charge on any atom is -0.383 e. The van der Waals surface area contributed by atoms with Gasteiger partial charge in [0.25, 0.3) is 0 Å². The highest BCUT2D eigenvalue weighted by molar-refractivity contribution is 6.39. The van der Waals surface area contributed by atoms with Crippen LogP contribution in [-0.4, -0.2) is 9.97 Å². The molecular formula is C14H9Cl2N3. The predicted molar refractivity (Wildman–Crippen MR) is 79.4 cm³/mol. The van der Waals surface area contributed by atoms with Crippen LogP contribution in [0, 0.1) is 0 Å². The van der Waals surface area contributed by atoms with Crippen molar-refractivity contribution in [3.8, 4) is 11.1 Å². The summed E-state index contributed by atoms with van der Waals surface area (Å²) in [5.41, 5.74) is 8.01. The Kier molecular flexibility index (Phi) is 3.01. The lowest BCUT2D eigenvalue weighted by Gasteiger charge is -2.10. The maximum atomic E-state index is 6.20. The summed E-state index contributed by atoms with van der Waals surface area (Å²) in [7, 11) is 0. The molecule has 0 saturated heterocycles. The zero-order valence-corrected chi connectivity index (χ0v) is 11.3. The molecule has 5 heteroatoms. The highest BCUT2D eigenvalue weighted by atomic mass is 35.5. The fourth-order valence-electron chi connectivity index (χ4n) is 1.97. The molecule has 0 spiro atoms. The topological polar surface area (TPSA) is 51.8 Å². The maximum Gasteiger partial charge on any atom is 0.161 e. The molecule has 3 rings (SSSR count). The summed E-state index contributed by atoms with van der Waals surface area (Å²) in [6, 6.07) is 11.0. The first kappa shape index (κ1) is 12.2. The number of pyridine rings is 2. The van der Waals surface area contributed by atoms with Crippen LogP contribution in [0.3, 0.4) is 0 Å². The Hall–Kier alpha value is -1.84. The average Bonchev–Trinajstić information content (AvgIpc) is 2.39. The number of halogens is 2. The van der Waals surface area contributed by atoms with Crippen molar-refractivity contribution in [2.45, 2.75) is 0 Å². The highest BCUT2D eigenvalue weighted by Gasteiger charge is 2.13. The number of nitrogens with zero attached hydrogens (tertiary/aromatic N) is 2. The third-order valence-electron chi connectivity index (χ3n) is 2.85. The van der Waals surface area contributed by atoms with Crippen LogP contribution in [0.2, 0.25) is 10.0 Å². The van der Waals surface area contributed by atoms with Gasteiger partial charge in [-0.15, -0.1) is 0 Å². The predicted octanol–water partition coefficient (Wildman–Crippen LogP) is 4.19. The number of hydrogen-bond donors (Lipinski definition) is 1. The first-order valence-electron chi connectivity index (χ1n) is 5.62. The van der Waals surface area contributed by atoms with Gasteiger partial charge in [-0.2, -0.15) is 0 Å². The van der Waals surface area contributed by atoms with Gasteiger partial charge in [0.05, 0.1) is 10.0 Å². The van der Waals surface area contributed by atoms with E-state index in [0.717, 1.165) is 10.9 Å². The van der Waals surface area contributed by atoms with Crippen LogP contribution in [-0.2, 0) is 0 Å². The number of anilines is 1. The fraction of sp³-hybridized carbons (Fsp3) is 0. The molecule has 0 fully saturated rings. The van der Waals surface area contributed by atoms with E-state index in [0.29, 0.717) is 27.1 Å². The Morgan fingerprint density at radius 2 is 1.74 bits per heavy atom. The quantitative estimate of drug-likeness (QED) is 0.731. The SMILES string of the molecule is Nc1nc2ncccc2cc1-c1c(Cl)cccc1Cl. The summed E-state index contributed by atoms with van der Waals surface area (Å²) >= 11 is 12.4. The molecule has 0 aliphatic heterocycles. The first-order valence-corrected chi connectivity index (χ1v) is 6.38. The van der Waals surface area contributed by atoms with E-state index < -0.39 is 0 Å². The van der Waals surface area contributed by atoms with Crippen molar-refractivity contribution in [1.29, 1.82) is 0 Å². The lowest BCUT2D eigenvalue weighted by atomic mass is 10.0. The lowest BCUT2D eigenvalue weighted by molar-refractivity contribution is 1.29. The Balaban J connectivity index is 2.33. The van der Waals surface area contributed by atoms with E-state index in [-0.39, 0.29) is 0 Å². The van der Waals surface area contributed by atoms with Crippen molar-refractivity contribution >= 4 is 40.1 Å². The van der Waals surface area contributed by atoms with Crippen LogP contribution in [0.1, 0.15) is 0 Å². The summed E-state index contributed by atoms with van der Waals surface area (Å²) in [4.78, 5) is 8.45. The number of nitrogen functional groups attached to an aromatic ring is 1. The third-order valence-corrected chi connectivity index (χ3v) is 3.48. The summed E-state index contributed by atoms with van der Waals surface area (Å²) in [6.07, 6.45) is 1.68. The van der Waals surface area contributed by atoms with Gasteiger partial charge in [-0.1, -0.05) is 29.3 Å². The Labute approximate surface area is 120 Å². The smallest absolute Gasteiger partial charge is 0.161 e. The van der Waals surface area contributed by atoms with Crippen LogP contribution in [0.15, 0.2) is 42.6 Å². The van der Waals surface area contributed by atoms with Gasteiger partial charge in [0, 0.05) is 22.7 Å². The molecular weight excluding hydrogens is 281 g/mol. The highest BCUT2D eigenvalue weighted by Crippen LogP contribution is 2.37. The lowest BCUT2D eigenvalue weighted by Crippen LogP contribution is -1.97. The Bertz CT molecular complexity index is 751. The van der Waals surface area contributed by atoms with Crippen molar-refractivity contribution < 1.29 is 0 Å². The Morgan fingerprint density at radius 1 is 1.00 bits per heavy atom. The molecule has 94 valence electrons. The molecule has 3 nitrogen and oxygen atoms in total. The van der Waals surface area contributed by atoms with Gasteiger partial charge in [-0.3, -0.25) is 0 Å². The van der Waals surface area contributed by atoms with E-state index in [9.17, 15) is 0 Å². The van der Waals surface area contributed by atoms with Gasteiger partial charge in [0.15, 0.2) is 5.65 Å². The summed E-state index contributed by atoms with van der Waals surface area (Å²) in [5.74, 6) is 0.362. The zero-order chi connectivity index (χ0) is 13.4. The minimum absolute atomic E-state index is 0.362. The van der Waals surface area contributed by atoms with Crippen molar-refractivity contribution in [2.24, 2.45) is 0 Å². The molecule has 2 heterocycles.